The van der Waals surface area contributed by atoms with Gasteiger partial charge in [0, 0.05) is 12.1 Å². The molecule has 2 rings (SSSR count). The maximum Gasteiger partial charge on any atom is 0.241 e. The van der Waals surface area contributed by atoms with Crippen LogP contribution in [0.5, 0.6) is 11.5 Å². The summed E-state index contributed by atoms with van der Waals surface area (Å²) in [5, 5.41) is 2.89. The van der Waals surface area contributed by atoms with Gasteiger partial charge in [-0.3, -0.25) is 4.79 Å². The number of aryl methyl sites for hydroxylation is 1. The molecule has 2 N–H and O–H groups in total. The van der Waals surface area contributed by atoms with E-state index >= 15 is 0 Å². The average molecular weight is 399 g/mol. The van der Waals surface area contributed by atoms with E-state index in [4.69, 9.17) is 21.1 Å². The highest BCUT2D eigenvalue weighted by atomic mass is 35.5. The minimum absolute atomic E-state index is 0.124. The molecule has 7 nitrogen and oxygen atoms in total. The Morgan fingerprint density at radius 3 is 2.38 bits per heavy atom. The number of carbonyl (C=O) groups excluding carboxylic acids is 1. The minimum Gasteiger partial charge on any atom is -0.495 e. The topological polar surface area (TPSA) is 93.7 Å². The van der Waals surface area contributed by atoms with Crippen LogP contribution in [0.15, 0.2) is 41.3 Å². The van der Waals surface area contributed by atoms with Gasteiger partial charge in [0.25, 0.3) is 0 Å². The fourth-order valence-electron chi connectivity index (χ4n) is 2.25. The van der Waals surface area contributed by atoms with Crippen molar-refractivity contribution in [2.75, 3.05) is 26.1 Å². The normalized spacial score (nSPS) is 11.1. The van der Waals surface area contributed by atoms with E-state index in [1.165, 1.54) is 32.4 Å². The van der Waals surface area contributed by atoms with Gasteiger partial charge in [-0.15, -0.1) is 0 Å². The van der Waals surface area contributed by atoms with Crippen LogP contribution in [0.1, 0.15) is 5.56 Å². The van der Waals surface area contributed by atoms with Crippen molar-refractivity contribution in [3.05, 3.63) is 47.0 Å². The number of nitrogens with one attached hydrogen (secondary N) is 2. The Bertz CT molecular complexity index is 915. The molecule has 2 aromatic carbocycles. The second-order valence-corrected chi connectivity index (χ2v) is 7.47. The molecule has 0 aliphatic rings. The standard InChI is InChI=1S/C17H19ClN2O5S/c1-11-6-4-5-7-16(11)26(22,23)19-10-17(21)20-13-9-14(24-2)12(18)8-15(13)25-3/h4-9,19H,10H2,1-3H3,(H,20,21). The number of ether oxygens (including phenoxy) is 2. The molecule has 0 atom stereocenters. The lowest BCUT2D eigenvalue weighted by atomic mass is 10.2. The van der Waals surface area contributed by atoms with Crippen molar-refractivity contribution in [2.24, 2.45) is 0 Å². The van der Waals surface area contributed by atoms with Crippen LogP contribution in [0.4, 0.5) is 5.69 Å². The lowest BCUT2D eigenvalue weighted by Crippen LogP contribution is -2.33. The second-order valence-electron chi connectivity index (χ2n) is 5.33. The molecule has 0 bridgehead atoms. The summed E-state index contributed by atoms with van der Waals surface area (Å²) >= 11 is 6.01. The first kappa shape index (κ1) is 20.0. The predicted octanol–water partition coefficient (Wildman–Crippen LogP) is 2.58. The number of hydrogen-bond acceptors (Lipinski definition) is 5. The van der Waals surface area contributed by atoms with Gasteiger partial charge in [0.15, 0.2) is 0 Å². The van der Waals surface area contributed by atoms with Crippen LogP contribution in [0.3, 0.4) is 0 Å². The number of sulfonamides is 1. The molecule has 0 aliphatic heterocycles. The third-order valence-electron chi connectivity index (χ3n) is 3.55. The Labute approximate surface area is 157 Å². The Kier molecular flexibility index (Phi) is 6.47. The molecule has 0 spiro atoms. The van der Waals surface area contributed by atoms with E-state index in [1.54, 1.807) is 25.1 Å². The van der Waals surface area contributed by atoms with E-state index in [2.05, 4.69) is 10.0 Å². The van der Waals surface area contributed by atoms with E-state index in [-0.39, 0.29) is 4.90 Å². The van der Waals surface area contributed by atoms with Crippen LogP contribution in [0, 0.1) is 6.92 Å². The summed E-state index contributed by atoms with van der Waals surface area (Å²) in [6.07, 6.45) is 0. The van der Waals surface area contributed by atoms with Crippen molar-refractivity contribution in [2.45, 2.75) is 11.8 Å². The zero-order chi connectivity index (χ0) is 19.3. The SMILES string of the molecule is COc1cc(NC(=O)CNS(=O)(=O)c2ccccc2C)c(OC)cc1Cl. The highest BCUT2D eigenvalue weighted by molar-refractivity contribution is 7.89. The highest BCUT2D eigenvalue weighted by Gasteiger charge is 2.18. The summed E-state index contributed by atoms with van der Waals surface area (Å²) in [5.41, 5.74) is 0.901. The number of amides is 1. The van der Waals surface area contributed by atoms with Crippen molar-refractivity contribution in [3.8, 4) is 11.5 Å². The van der Waals surface area contributed by atoms with Crippen molar-refractivity contribution in [3.63, 3.8) is 0 Å². The molecular weight excluding hydrogens is 380 g/mol. The molecule has 0 saturated carbocycles. The van der Waals surface area contributed by atoms with Gasteiger partial charge >= 0.3 is 0 Å². The number of hydrogen-bond donors (Lipinski definition) is 2. The Morgan fingerprint density at radius 2 is 1.77 bits per heavy atom. The van der Waals surface area contributed by atoms with Gasteiger partial charge in [-0.2, -0.15) is 0 Å². The molecule has 1 amide bonds. The smallest absolute Gasteiger partial charge is 0.241 e. The molecule has 9 heteroatoms. The predicted molar refractivity (Wildman–Crippen MR) is 99.6 cm³/mol. The van der Waals surface area contributed by atoms with Crippen molar-refractivity contribution >= 4 is 33.2 Å². The number of anilines is 1. The molecule has 26 heavy (non-hydrogen) atoms. The molecule has 0 fully saturated rings. The zero-order valence-electron chi connectivity index (χ0n) is 14.5. The van der Waals surface area contributed by atoms with E-state index in [0.29, 0.717) is 27.8 Å². The molecular formula is C17H19ClN2O5S. The lowest BCUT2D eigenvalue weighted by Gasteiger charge is -2.14. The zero-order valence-corrected chi connectivity index (χ0v) is 16.1. The second kappa shape index (κ2) is 8.39. The largest absolute Gasteiger partial charge is 0.495 e. The summed E-state index contributed by atoms with van der Waals surface area (Å²) in [6, 6.07) is 9.50. The minimum atomic E-state index is -3.80. The van der Waals surface area contributed by atoms with Crippen molar-refractivity contribution < 1.29 is 22.7 Å². The highest BCUT2D eigenvalue weighted by Crippen LogP contribution is 2.35. The first-order chi connectivity index (χ1) is 12.3. The number of carbonyl (C=O) groups is 1. The Balaban J connectivity index is 2.11. The molecule has 0 radical (unpaired) electrons. The van der Waals surface area contributed by atoms with Gasteiger partial charge in [-0.1, -0.05) is 29.8 Å². The van der Waals surface area contributed by atoms with Crippen LogP contribution in [-0.4, -0.2) is 35.1 Å². The summed E-state index contributed by atoms with van der Waals surface area (Å²) < 4.78 is 37.2. The van der Waals surface area contributed by atoms with Crippen LogP contribution in [-0.2, 0) is 14.8 Å². The molecule has 140 valence electrons. The summed E-state index contributed by atoms with van der Waals surface area (Å²) in [6.45, 7) is 1.24. The van der Waals surface area contributed by atoms with Gasteiger partial charge in [0.2, 0.25) is 15.9 Å². The first-order valence-electron chi connectivity index (χ1n) is 7.55. The van der Waals surface area contributed by atoms with Crippen LogP contribution < -0.4 is 19.5 Å². The number of methoxy groups -OCH3 is 2. The van der Waals surface area contributed by atoms with E-state index in [9.17, 15) is 13.2 Å². The molecule has 0 aromatic heterocycles. The average Bonchev–Trinajstić information content (AvgIpc) is 2.61. The van der Waals surface area contributed by atoms with Gasteiger partial charge in [0.05, 0.1) is 36.4 Å². The Morgan fingerprint density at radius 1 is 1.12 bits per heavy atom. The van der Waals surface area contributed by atoms with E-state index < -0.39 is 22.5 Å². The fourth-order valence-corrected chi connectivity index (χ4v) is 3.71. The van der Waals surface area contributed by atoms with Crippen LogP contribution >= 0.6 is 11.6 Å². The van der Waals surface area contributed by atoms with Crippen LogP contribution in [0.25, 0.3) is 0 Å². The van der Waals surface area contributed by atoms with Crippen molar-refractivity contribution in [1.82, 2.24) is 4.72 Å². The molecule has 2 aromatic rings. The molecule has 0 unspecified atom stereocenters. The van der Waals surface area contributed by atoms with Crippen LogP contribution in [0.2, 0.25) is 5.02 Å². The van der Waals surface area contributed by atoms with E-state index in [1.807, 2.05) is 0 Å². The maximum atomic E-state index is 12.3. The summed E-state index contributed by atoms with van der Waals surface area (Å²) in [7, 11) is -0.936. The lowest BCUT2D eigenvalue weighted by molar-refractivity contribution is -0.115. The van der Waals surface area contributed by atoms with Gasteiger partial charge in [0.1, 0.15) is 11.5 Å². The molecule has 0 saturated heterocycles. The fraction of sp³-hybridized carbons (Fsp3) is 0.235. The monoisotopic (exact) mass is 398 g/mol. The van der Waals surface area contributed by atoms with Gasteiger partial charge in [-0.05, 0) is 18.6 Å². The quantitative estimate of drug-likeness (QED) is 0.747. The Hall–Kier alpha value is -2.29. The van der Waals surface area contributed by atoms with Crippen molar-refractivity contribution in [1.29, 1.82) is 0 Å². The van der Waals surface area contributed by atoms with E-state index in [0.717, 1.165) is 0 Å². The molecule has 0 aliphatic carbocycles. The summed E-state index contributed by atoms with van der Waals surface area (Å²) in [4.78, 5) is 12.3. The number of rotatable bonds is 7. The first-order valence-corrected chi connectivity index (χ1v) is 9.41. The third-order valence-corrected chi connectivity index (χ3v) is 5.41. The van der Waals surface area contributed by atoms with Gasteiger partial charge < -0.3 is 14.8 Å². The maximum absolute atomic E-state index is 12.3. The number of benzene rings is 2. The third kappa shape index (κ3) is 4.66. The summed E-state index contributed by atoms with van der Waals surface area (Å²) in [5.74, 6) is 0.110. The molecule has 0 heterocycles. The van der Waals surface area contributed by atoms with Gasteiger partial charge in [-0.25, -0.2) is 13.1 Å². The number of halogens is 1.